The summed E-state index contributed by atoms with van der Waals surface area (Å²) in [4.78, 5) is 24.1. The predicted molar refractivity (Wildman–Crippen MR) is 194 cm³/mol. The molecule has 0 saturated carbocycles. The summed E-state index contributed by atoms with van der Waals surface area (Å²) in [5.41, 5.74) is 0. The van der Waals surface area contributed by atoms with Gasteiger partial charge < -0.3 is 27.9 Å². The molecule has 47 heavy (non-hydrogen) atoms. The van der Waals surface area contributed by atoms with E-state index < -0.39 is 19.9 Å². The van der Waals surface area contributed by atoms with Gasteiger partial charge in [-0.1, -0.05) is 113 Å². The van der Waals surface area contributed by atoms with Crippen LogP contribution in [0.1, 0.15) is 117 Å². The Morgan fingerprint density at radius 2 is 1.19 bits per heavy atom. The van der Waals surface area contributed by atoms with Gasteiger partial charge >= 0.3 is 5.97 Å². The first-order chi connectivity index (χ1) is 22.6. The standard InChI is InChI=1S/C38H68NO7P/c1-6-8-9-10-11-12-13-14-15-16-17-18-19-20-21-22-23-24-25-26-27-28-29-30-33-43-35-37(46-38(40)31-7-2)36-45-47(41,42)44-34-32-39(3,4)5/h8-9,11-12,14-15,17-18,20-21,37H,6-7,10,13,16,19,22-36H2,1-5H3/b9-8-,12-11-,15-14-,18-17-,21-20-. The van der Waals surface area contributed by atoms with E-state index in [2.05, 4.69) is 67.7 Å². The molecule has 0 spiro atoms. The fourth-order valence-electron chi connectivity index (χ4n) is 4.31. The number of phosphoric acid groups is 1. The lowest BCUT2D eigenvalue weighted by atomic mass is 10.1. The predicted octanol–water partition coefficient (Wildman–Crippen LogP) is 9.19. The summed E-state index contributed by atoms with van der Waals surface area (Å²) in [5, 5.41) is 0. The van der Waals surface area contributed by atoms with Crippen molar-refractivity contribution in [3.05, 3.63) is 60.8 Å². The van der Waals surface area contributed by atoms with Gasteiger partial charge in [0.05, 0.1) is 34.4 Å². The largest absolute Gasteiger partial charge is 0.756 e. The van der Waals surface area contributed by atoms with Crippen LogP contribution in [0.25, 0.3) is 0 Å². The third-order valence-electron chi connectivity index (χ3n) is 7.05. The summed E-state index contributed by atoms with van der Waals surface area (Å²) in [6.07, 6.45) is 38.2. The summed E-state index contributed by atoms with van der Waals surface area (Å²) >= 11 is 0. The lowest BCUT2D eigenvalue weighted by Gasteiger charge is -2.28. The fourth-order valence-corrected chi connectivity index (χ4v) is 5.04. The second-order valence-electron chi connectivity index (χ2n) is 12.9. The molecule has 0 aliphatic heterocycles. The molecule has 0 N–H and O–H groups in total. The molecule has 0 bridgehead atoms. The van der Waals surface area contributed by atoms with Crippen LogP contribution in [-0.2, 0) is 27.9 Å². The zero-order valence-electron chi connectivity index (χ0n) is 30.5. The molecule has 0 amide bonds. The lowest BCUT2D eigenvalue weighted by Crippen LogP contribution is -2.37. The first-order valence-corrected chi connectivity index (χ1v) is 19.5. The van der Waals surface area contributed by atoms with E-state index in [4.69, 9.17) is 18.5 Å². The minimum atomic E-state index is -4.49. The number of hydrogen-bond donors (Lipinski definition) is 0. The van der Waals surface area contributed by atoms with E-state index >= 15 is 0 Å². The maximum absolute atomic E-state index is 12.1. The van der Waals surface area contributed by atoms with Crippen molar-refractivity contribution < 1.29 is 37.3 Å². The smallest absolute Gasteiger partial charge is 0.306 e. The molecular weight excluding hydrogens is 613 g/mol. The molecule has 9 heteroatoms. The van der Waals surface area contributed by atoms with Gasteiger partial charge in [-0.3, -0.25) is 9.36 Å². The molecule has 0 aromatic heterocycles. The number of allylic oxidation sites excluding steroid dienone is 10. The second-order valence-corrected chi connectivity index (χ2v) is 14.3. The number of esters is 1. The first-order valence-electron chi connectivity index (χ1n) is 18.0. The summed E-state index contributed by atoms with van der Waals surface area (Å²) in [5.74, 6) is -0.394. The number of ether oxygens (including phenoxy) is 2. The topological polar surface area (TPSA) is 94.1 Å². The molecule has 0 heterocycles. The second kappa shape index (κ2) is 31.5. The normalized spacial score (nSPS) is 14.8. The number of quaternary nitrogens is 1. The van der Waals surface area contributed by atoms with E-state index in [0.717, 1.165) is 51.4 Å². The highest BCUT2D eigenvalue weighted by Gasteiger charge is 2.20. The van der Waals surface area contributed by atoms with Gasteiger partial charge in [0.1, 0.15) is 19.3 Å². The molecule has 0 radical (unpaired) electrons. The Hall–Kier alpha value is -1.80. The number of unbranched alkanes of at least 4 members (excludes halogenated alkanes) is 8. The van der Waals surface area contributed by atoms with Crippen LogP contribution in [0.15, 0.2) is 60.8 Å². The van der Waals surface area contributed by atoms with Crippen molar-refractivity contribution in [2.45, 2.75) is 123 Å². The molecule has 0 saturated heterocycles. The fraction of sp³-hybridized carbons (Fsp3) is 0.711. The van der Waals surface area contributed by atoms with Crippen LogP contribution in [0.4, 0.5) is 0 Å². The van der Waals surface area contributed by atoms with Crippen LogP contribution in [0.5, 0.6) is 0 Å². The highest BCUT2D eigenvalue weighted by Crippen LogP contribution is 2.38. The van der Waals surface area contributed by atoms with Crippen LogP contribution in [0.3, 0.4) is 0 Å². The number of rotatable bonds is 32. The molecule has 0 aliphatic rings. The Labute approximate surface area is 288 Å². The van der Waals surface area contributed by atoms with E-state index in [1.54, 1.807) is 0 Å². The molecule has 2 atom stereocenters. The Morgan fingerprint density at radius 1 is 0.681 bits per heavy atom. The molecule has 0 fully saturated rings. The minimum absolute atomic E-state index is 0.0200. The van der Waals surface area contributed by atoms with Gasteiger partial charge in [0.15, 0.2) is 0 Å². The number of hydrogen-bond acceptors (Lipinski definition) is 7. The van der Waals surface area contributed by atoms with Crippen molar-refractivity contribution in [2.24, 2.45) is 0 Å². The summed E-state index contributed by atoms with van der Waals surface area (Å²) < 4.78 is 33.7. The van der Waals surface area contributed by atoms with E-state index in [1.165, 1.54) is 38.5 Å². The molecule has 272 valence electrons. The number of carbonyl (C=O) groups excluding carboxylic acids is 1. The van der Waals surface area contributed by atoms with Gasteiger partial charge in [-0.05, 0) is 57.8 Å². The molecule has 0 rings (SSSR count). The number of carbonyl (C=O) groups is 1. The van der Waals surface area contributed by atoms with Gasteiger partial charge in [0.25, 0.3) is 7.82 Å². The number of nitrogens with zero attached hydrogens (tertiary/aromatic N) is 1. The summed E-state index contributed by atoms with van der Waals surface area (Å²) in [7, 11) is 1.33. The molecule has 8 nitrogen and oxygen atoms in total. The Bertz CT molecular complexity index is 937. The van der Waals surface area contributed by atoms with E-state index in [9.17, 15) is 14.3 Å². The quantitative estimate of drug-likeness (QED) is 0.0230. The molecule has 2 unspecified atom stereocenters. The van der Waals surface area contributed by atoms with Gasteiger partial charge in [0.2, 0.25) is 0 Å². The maximum atomic E-state index is 12.1. The van der Waals surface area contributed by atoms with E-state index in [0.29, 0.717) is 24.1 Å². The third-order valence-corrected chi connectivity index (χ3v) is 8.02. The van der Waals surface area contributed by atoms with Crippen molar-refractivity contribution >= 4 is 13.8 Å². The van der Waals surface area contributed by atoms with Crippen molar-refractivity contribution in [3.8, 4) is 0 Å². The third kappa shape index (κ3) is 35.3. The van der Waals surface area contributed by atoms with Gasteiger partial charge in [0, 0.05) is 13.0 Å². The van der Waals surface area contributed by atoms with E-state index in [1.807, 2.05) is 28.1 Å². The van der Waals surface area contributed by atoms with Crippen LogP contribution in [-0.4, -0.2) is 70.7 Å². The van der Waals surface area contributed by atoms with Gasteiger partial charge in [-0.2, -0.15) is 0 Å². The van der Waals surface area contributed by atoms with Crippen LogP contribution >= 0.6 is 7.82 Å². The summed E-state index contributed by atoms with van der Waals surface area (Å²) in [6.45, 7) is 4.87. The average molecular weight is 682 g/mol. The zero-order valence-corrected chi connectivity index (χ0v) is 31.3. The zero-order chi connectivity index (χ0) is 34.9. The van der Waals surface area contributed by atoms with Crippen molar-refractivity contribution in [2.75, 3.05) is 54.1 Å². The lowest BCUT2D eigenvalue weighted by molar-refractivity contribution is -0.870. The van der Waals surface area contributed by atoms with Crippen LogP contribution < -0.4 is 4.89 Å². The van der Waals surface area contributed by atoms with Crippen molar-refractivity contribution in [1.82, 2.24) is 0 Å². The minimum Gasteiger partial charge on any atom is -0.756 e. The van der Waals surface area contributed by atoms with Gasteiger partial charge in [-0.15, -0.1) is 0 Å². The maximum Gasteiger partial charge on any atom is 0.306 e. The monoisotopic (exact) mass is 681 g/mol. The number of likely N-dealkylation sites (N-methyl/N-ethyl adjacent to an activating group) is 1. The highest BCUT2D eigenvalue weighted by atomic mass is 31.2. The van der Waals surface area contributed by atoms with Crippen LogP contribution in [0, 0.1) is 0 Å². The summed E-state index contributed by atoms with van der Waals surface area (Å²) in [6, 6.07) is 0. The Balaban J connectivity index is 3.85. The molecular formula is C38H68NO7P. The molecule has 0 aromatic rings. The number of phosphoric ester groups is 1. The Kier molecular flexibility index (Phi) is 30.3. The average Bonchev–Trinajstić information content (AvgIpc) is 3.00. The van der Waals surface area contributed by atoms with E-state index in [-0.39, 0.29) is 26.2 Å². The van der Waals surface area contributed by atoms with Gasteiger partial charge in [-0.25, -0.2) is 0 Å². The highest BCUT2D eigenvalue weighted by molar-refractivity contribution is 7.45. The molecule has 0 aromatic carbocycles. The SMILES string of the molecule is CC/C=C\C/C=C\C/C=C\C/C=C\C/C=C\CCCCCCCCCCOCC(COP(=O)([O-])OCC[N+](C)(C)C)OC(=O)CCC. The first kappa shape index (κ1) is 45.2. The molecule has 0 aliphatic carbocycles. The van der Waals surface area contributed by atoms with Crippen molar-refractivity contribution in [1.29, 1.82) is 0 Å². The van der Waals surface area contributed by atoms with Crippen LogP contribution in [0.2, 0.25) is 0 Å². The Morgan fingerprint density at radius 3 is 1.72 bits per heavy atom. The van der Waals surface area contributed by atoms with Crippen molar-refractivity contribution in [3.63, 3.8) is 0 Å².